The van der Waals surface area contributed by atoms with Crippen molar-refractivity contribution in [3.63, 3.8) is 0 Å². The second-order valence-corrected chi connectivity index (χ2v) is 4.85. The molecule has 0 heterocycles. The van der Waals surface area contributed by atoms with Gasteiger partial charge >= 0.3 is 0 Å². The van der Waals surface area contributed by atoms with Crippen LogP contribution in [0.15, 0.2) is 48.5 Å². The van der Waals surface area contributed by atoms with Gasteiger partial charge in [-0.1, -0.05) is 29.8 Å². The number of carbonyl (C=O) groups is 2. The summed E-state index contributed by atoms with van der Waals surface area (Å²) in [4.78, 5) is 23.0. The number of aldehydes is 1. The molecule has 0 radical (unpaired) electrons. The van der Waals surface area contributed by atoms with Crippen molar-refractivity contribution in [1.82, 2.24) is 0 Å². The fraction of sp³-hybridized carbons (Fsp3) is 0.125. The van der Waals surface area contributed by atoms with Gasteiger partial charge in [0.1, 0.15) is 5.75 Å². The zero-order chi connectivity index (χ0) is 15.2. The molecule has 0 spiro atoms. The molecule has 108 valence electrons. The van der Waals surface area contributed by atoms with Crippen molar-refractivity contribution in [2.24, 2.45) is 0 Å². The van der Waals surface area contributed by atoms with Gasteiger partial charge in [-0.15, -0.1) is 0 Å². The minimum atomic E-state index is -0.745. The van der Waals surface area contributed by atoms with E-state index in [4.69, 9.17) is 16.3 Å². The van der Waals surface area contributed by atoms with Crippen LogP contribution in [0.5, 0.6) is 5.75 Å². The average molecular weight is 304 g/mol. The van der Waals surface area contributed by atoms with Gasteiger partial charge in [-0.2, -0.15) is 0 Å². The van der Waals surface area contributed by atoms with Crippen molar-refractivity contribution in [2.75, 3.05) is 5.32 Å². The van der Waals surface area contributed by atoms with Gasteiger partial charge in [-0.3, -0.25) is 9.59 Å². The Hall–Kier alpha value is -2.33. The summed E-state index contributed by atoms with van der Waals surface area (Å²) < 4.78 is 5.52. The molecule has 4 nitrogen and oxygen atoms in total. The molecule has 21 heavy (non-hydrogen) atoms. The Kier molecular flexibility index (Phi) is 4.95. The quantitative estimate of drug-likeness (QED) is 0.859. The van der Waals surface area contributed by atoms with E-state index in [0.717, 1.165) is 0 Å². The fourth-order valence-electron chi connectivity index (χ4n) is 1.73. The van der Waals surface area contributed by atoms with Crippen molar-refractivity contribution >= 4 is 29.5 Å². The highest BCUT2D eigenvalue weighted by Crippen LogP contribution is 2.22. The average Bonchev–Trinajstić information content (AvgIpc) is 2.49. The van der Waals surface area contributed by atoms with E-state index < -0.39 is 6.10 Å². The monoisotopic (exact) mass is 303 g/mol. The standard InChI is InChI=1S/C16H14ClNO3/c1-11(16(20)18-14-5-3-2-4-6-14)21-15-8-7-13(17)9-12(15)10-19/h2-11H,1H3,(H,18,20). The van der Waals surface area contributed by atoms with Gasteiger partial charge in [0.05, 0.1) is 5.56 Å². The smallest absolute Gasteiger partial charge is 0.265 e. The van der Waals surface area contributed by atoms with Gasteiger partial charge in [0.2, 0.25) is 0 Å². The largest absolute Gasteiger partial charge is 0.480 e. The van der Waals surface area contributed by atoms with E-state index >= 15 is 0 Å². The number of rotatable bonds is 5. The predicted molar refractivity (Wildman–Crippen MR) is 82.0 cm³/mol. The second-order valence-electron chi connectivity index (χ2n) is 4.42. The van der Waals surface area contributed by atoms with Crippen LogP contribution in [-0.2, 0) is 4.79 Å². The highest BCUT2D eigenvalue weighted by atomic mass is 35.5. The third-order valence-electron chi connectivity index (χ3n) is 2.81. The van der Waals surface area contributed by atoms with Gasteiger partial charge in [0, 0.05) is 10.7 Å². The minimum Gasteiger partial charge on any atom is -0.480 e. The van der Waals surface area contributed by atoms with Crippen LogP contribution in [0.3, 0.4) is 0 Å². The number of para-hydroxylation sites is 1. The Morgan fingerprint density at radius 3 is 2.62 bits per heavy atom. The summed E-state index contributed by atoms with van der Waals surface area (Å²) in [5.74, 6) is 0.0260. The maximum Gasteiger partial charge on any atom is 0.265 e. The number of amides is 1. The number of hydrogen-bond donors (Lipinski definition) is 1. The third-order valence-corrected chi connectivity index (χ3v) is 3.05. The number of hydrogen-bond acceptors (Lipinski definition) is 3. The van der Waals surface area contributed by atoms with Crippen molar-refractivity contribution in [3.8, 4) is 5.75 Å². The molecule has 0 aliphatic rings. The topological polar surface area (TPSA) is 55.4 Å². The molecule has 0 saturated heterocycles. The number of nitrogens with one attached hydrogen (secondary N) is 1. The normalized spacial score (nSPS) is 11.5. The lowest BCUT2D eigenvalue weighted by Crippen LogP contribution is -2.30. The fourth-order valence-corrected chi connectivity index (χ4v) is 1.91. The first-order chi connectivity index (χ1) is 10.1. The molecule has 5 heteroatoms. The molecule has 2 aromatic rings. The molecule has 0 bridgehead atoms. The maximum absolute atomic E-state index is 12.0. The van der Waals surface area contributed by atoms with Gasteiger partial charge in [-0.25, -0.2) is 0 Å². The van der Waals surface area contributed by atoms with Crippen LogP contribution >= 0.6 is 11.6 Å². The van der Waals surface area contributed by atoms with Gasteiger partial charge in [0.15, 0.2) is 12.4 Å². The van der Waals surface area contributed by atoms with Gasteiger partial charge < -0.3 is 10.1 Å². The molecule has 1 atom stereocenters. The molecule has 1 unspecified atom stereocenters. The summed E-state index contributed by atoms with van der Waals surface area (Å²) in [6.45, 7) is 1.61. The number of halogens is 1. The molecule has 1 N–H and O–H groups in total. The van der Waals surface area contributed by atoms with Crippen LogP contribution in [0.4, 0.5) is 5.69 Å². The zero-order valence-electron chi connectivity index (χ0n) is 11.4. The Morgan fingerprint density at radius 2 is 1.95 bits per heavy atom. The summed E-state index contributed by atoms with van der Waals surface area (Å²) >= 11 is 5.81. The van der Waals surface area contributed by atoms with Crippen molar-refractivity contribution in [1.29, 1.82) is 0 Å². The molecular formula is C16H14ClNO3. The molecule has 0 aliphatic heterocycles. The van der Waals surface area contributed by atoms with E-state index in [2.05, 4.69) is 5.32 Å². The first kappa shape index (κ1) is 15.1. The molecule has 0 aliphatic carbocycles. The van der Waals surface area contributed by atoms with Crippen LogP contribution in [-0.4, -0.2) is 18.3 Å². The molecule has 0 fully saturated rings. The summed E-state index contributed by atoms with van der Waals surface area (Å²) in [7, 11) is 0. The highest BCUT2D eigenvalue weighted by Gasteiger charge is 2.16. The molecule has 2 aromatic carbocycles. The number of ether oxygens (including phenoxy) is 1. The van der Waals surface area contributed by atoms with Crippen molar-refractivity contribution in [3.05, 3.63) is 59.1 Å². The summed E-state index contributed by atoms with van der Waals surface area (Å²) in [6, 6.07) is 13.7. The SMILES string of the molecule is CC(Oc1ccc(Cl)cc1C=O)C(=O)Nc1ccccc1. The highest BCUT2D eigenvalue weighted by molar-refractivity contribution is 6.30. The first-order valence-electron chi connectivity index (χ1n) is 6.37. The molecule has 0 aromatic heterocycles. The zero-order valence-corrected chi connectivity index (χ0v) is 12.1. The van der Waals surface area contributed by atoms with Crippen LogP contribution in [0.1, 0.15) is 17.3 Å². The van der Waals surface area contributed by atoms with Crippen LogP contribution in [0.2, 0.25) is 5.02 Å². The maximum atomic E-state index is 12.0. The number of anilines is 1. The van der Waals surface area contributed by atoms with Gasteiger partial charge in [0.25, 0.3) is 5.91 Å². The van der Waals surface area contributed by atoms with E-state index in [1.807, 2.05) is 18.2 Å². The molecule has 2 rings (SSSR count). The Bertz CT molecular complexity index is 643. The van der Waals surface area contributed by atoms with E-state index in [0.29, 0.717) is 28.3 Å². The van der Waals surface area contributed by atoms with E-state index in [-0.39, 0.29) is 5.91 Å². The third kappa shape index (κ3) is 4.07. The van der Waals surface area contributed by atoms with Crippen LogP contribution < -0.4 is 10.1 Å². The Balaban J connectivity index is 2.05. The van der Waals surface area contributed by atoms with Crippen LogP contribution in [0.25, 0.3) is 0 Å². The molecular weight excluding hydrogens is 290 g/mol. The van der Waals surface area contributed by atoms with E-state index in [9.17, 15) is 9.59 Å². The summed E-state index contributed by atoms with van der Waals surface area (Å²) in [5, 5.41) is 3.17. The summed E-state index contributed by atoms with van der Waals surface area (Å²) in [5.41, 5.74) is 0.992. The Morgan fingerprint density at radius 1 is 1.24 bits per heavy atom. The van der Waals surface area contributed by atoms with Crippen molar-refractivity contribution < 1.29 is 14.3 Å². The number of carbonyl (C=O) groups excluding carboxylic acids is 2. The van der Waals surface area contributed by atoms with E-state index in [1.165, 1.54) is 6.07 Å². The lowest BCUT2D eigenvalue weighted by Gasteiger charge is -2.16. The Labute approximate surface area is 127 Å². The van der Waals surface area contributed by atoms with Crippen LogP contribution in [0, 0.1) is 0 Å². The number of benzene rings is 2. The lowest BCUT2D eigenvalue weighted by molar-refractivity contribution is -0.122. The van der Waals surface area contributed by atoms with Crippen molar-refractivity contribution in [2.45, 2.75) is 13.0 Å². The lowest BCUT2D eigenvalue weighted by atomic mass is 10.2. The molecule has 0 saturated carbocycles. The molecule has 1 amide bonds. The summed E-state index contributed by atoms with van der Waals surface area (Å²) in [6.07, 6.45) is -0.103. The van der Waals surface area contributed by atoms with Gasteiger partial charge in [-0.05, 0) is 37.3 Å². The predicted octanol–water partition coefficient (Wildman–Crippen LogP) is 3.56. The minimum absolute atomic E-state index is 0.298. The second kappa shape index (κ2) is 6.90. The van der Waals surface area contributed by atoms with E-state index in [1.54, 1.807) is 31.2 Å². The first-order valence-corrected chi connectivity index (χ1v) is 6.75.